The molecule has 1 aromatic rings. The summed E-state index contributed by atoms with van der Waals surface area (Å²) in [4.78, 5) is 17.4. The van der Waals surface area contributed by atoms with Crippen molar-refractivity contribution < 1.29 is 9.90 Å². The molecule has 1 heterocycles. The van der Waals surface area contributed by atoms with E-state index in [2.05, 4.69) is 16.8 Å². The van der Waals surface area contributed by atoms with Gasteiger partial charge in [-0.1, -0.05) is 13.0 Å². The molecule has 18 heavy (non-hydrogen) atoms. The zero-order chi connectivity index (χ0) is 13.0. The van der Waals surface area contributed by atoms with Gasteiger partial charge >= 0.3 is 5.97 Å². The Morgan fingerprint density at radius 1 is 1.50 bits per heavy atom. The van der Waals surface area contributed by atoms with Crippen LogP contribution in [0.2, 0.25) is 0 Å². The van der Waals surface area contributed by atoms with Gasteiger partial charge in [0.25, 0.3) is 0 Å². The van der Waals surface area contributed by atoms with Crippen LogP contribution in [-0.2, 0) is 6.54 Å². The van der Waals surface area contributed by atoms with E-state index in [-0.39, 0.29) is 5.69 Å². The van der Waals surface area contributed by atoms with Gasteiger partial charge < -0.3 is 5.11 Å². The Labute approximate surface area is 108 Å². The summed E-state index contributed by atoms with van der Waals surface area (Å²) in [5.74, 6) is -0.111. The minimum Gasteiger partial charge on any atom is -0.477 e. The normalized spacial score (nSPS) is 15.0. The molecule has 0 atom stereocenters. The summed E-state index contributed by atoms with van der Waals surface area (Å²) >= 11 is 0. The average Bonchev–Trinajstić information content (AvgIpc) is 3.13. The number of hydrogen-bond acceptors (Lipinski definition) is 3. The van der Waals surface area contributed by atoms with Crippen LogP contribution in [0.5, 0.6) is 0 Å². The SMILES string of the molecule is CCCN(Cc1cccc(C(=O)O)n1)CC1CC1. The molecule has 0 unspecified atom stereocenters. The summed E-state index contributed by atoms with van der Waals surface area (Å²) in [7, 11) is 0. The third kappa shape index (κ3) is 3.81. The fraction of sp³-hybridized carbons (Fsp3) is 0.571. The van der Waals surface area contributed by atoms with E-state index < -0.39 is 5.97 Å². The number of aromatic nitrogens is 1. The van der Waals surface area contributed by atoms with E-state index in [0.29, 0.717) is 0 Å². The number of rotatable bonds is 7. The van der Waals surface area contributed by atoms with Gasteiger partial charge in [0.05, 0.1) is 5.69 Å². The lowest BCUT2D eigenvalue weighted by Crippen LogP contribution is -2.27. The quantitative estimate of drug-likeness (QED) is 0.805. The van der Waals surface area contributed by atoms with Crippen molar-refractivity contribution in [2.75, 3.05) is 13.1 Å². The number of aromatic carboxylic acids is 1. The molecule has 4 heteroatoms. The van der Waals surface area contributed by atoms with E-state index in [4.69, 9.17) is 5.11 Å². The Bertz CT molecular complexity index is 416. The molecule has 98 valence electrons. The van der Waals surface area contributed by atoms with Gasteiger partial charge in [-0.15, -0.1) is 0 Å². The van der Waals surface area contributed by atoms with Crippen LogP contribution in [0.4, 0.5) is 0 Å². The number of carbonyl (C=O) groups is 1. The predicted molar refractivity (Wildman–Crippen MR) is 69.5 cm³/mol. The van der Waals surface area contributed by atoms with Gasteiger partial charge in [0.1, 0.15) is 5.69 Å². The summed E-state index contributed by atoms with van der Waals surface area (Å²) in [6.07, 6.45) is 3.79. The van der Waals surface area contributed by atoms with Crippen molar-refractivity contribution in [2.24, 2.45) is 5.92 Å². The average molecular weight is 248 g/mol. The van der Waals surface area contributed by atoms with Crippen molar-refractivity contribution in [3.05, 3.63) is 29.6 Å². The van der Waals surface area contributed by atoms with Gasteiger partial charge in [0, 0.05) is 13.1 Å². The molecule has 1 saturated carbocycles. The molecule has 1 fully saturated rings. The minimum absolute atomic E-state index is 0.135. The second kappa shape index (κ2) is 5.96. The lowest BCUT2D eigenvalue weighted by Gasteiger charge is -2.21. The van der Waals surface area contributed by atoms with Crippen molar-refractivity contribution in [1.29, 1.82) is 0 Å². The Morgan fingerprint density at radius 3 is 2.89 bits per heavy atom. The van der Waals surface area contributed by atoms with Crippen LogP contribution in [-0.4, -0.2) is 34.0 Å². The molecule has 0 amide bonds. The van der Waals surface area contributed by atoms with Crippen molar-refractivity contribution in [2.45, 2.75) is 32.7 Å². The standard InChI is InChI=1S/C14H20N2O2/c1-2-8-16(9-11-6-7-11)10-12-4-3-5-13(15-12)14(17)18/h3-5,11H,2,6-10H2,1H3,(H,17,18). The monoisotopic (exact) mass is 248 g/mol. The molecule has 1 N–H and O–H groups in total. The van der Waals surface area contributed by atoms with Gasteiger partial charge in [-0.3, -0.25) is 4.90 Å². The first-order valence-corrected chi connectivity index (χ1v) is 6.60. The molecule has 1 aliphatic carbocycles. The highest BCUT2D eigenvalue weighted by Crippen LogP contribution is 2.30. The fourth-order valence-electron chi connectivity index (χ4n) is 2.13. The maximum absolute atomic E-state index is 10.9. The highest BCUT2D eigenvalue weighted by molar-refractivity contribution is 5.85. The predicted octanol–water partition coefficient (Wildman–Crippen LogP) is 2.40. The maximum Gasteiger partial charge on any atom is 0.354 e. The minimum atomic E-state index is -0.957. The first kappa shape index (κ1) is 13.0. The lowest BCUT2D eigenvalue weighted by atomic mass is 10.2. The molecule has 4 nitrogen and oxygen atoms in total. The van der Waals surface area contributed by atoms with Crippen molar-refractivity contribution in [1.82, 2.24) is 9.88 Å². The van der Waals surface area contributed by atoms with Crippen molar-refractivity contribution >= 4 is 5.97 Å². The summed E-state index contributed by atoms with van der Waals surface area (Å²) in [5, 5.41) is 8.93. The van der Waals surface area contributed by atoms with E-state index in [1.54, 1.807) is 6.07 Å². The molecular formula is C14H20N2O2. The highest BCUT2D eigenvalue weighted by Gasteiger charge is 2.24. The Hall–Kier alpha value is -1.42. The van der Waals surface area contributed by atoms with E-state index in [9.17, 15) is 4.79 Å². The van der Waals surface area contributed by atoms with E-state index in [1.165, 1.54) is 18.9 Å². The summed E-state index contributed by atoms with van der Waals surface area (Å²) in [5.41, 5.74) is 0.986. The second-order valence-electron chi connectivity index (χ2n) is 5.00. The second-order valence-corrected chi connectivity index (χ2v) is 5.00. The zero-order valence-corrected chi connectivity index (χ0v) is 10.8. The summed E-state index contributed by atoms with van der Waals surface area (Å²) in [6.45, 7) is 5.09. The molecule has 1 aromatic heterocycles. The molecule has 0 radical (unpaired) electrons. The van der Waals surface area contributed by atoms with Gasteiger partial charge in [0.15, 0.2) is 0 Å². The number of pyridine rings is 1. The number of carboxylic acid groups (broad SMARTS) is 1. The van der Waals surface area contributed by atoms with Crippen molar-refractivity contribution in [3.63, 3.8) is 0 Å². The topological polar surface area (TPSA) is 53.4 Å². The van der Waals surface area contributed by atoms with Crippen LogP contribution in [0.15, 0.2) is 18.2 Å². The smallest absolute Gasteiger partial charge is 0.354 e. The Balaban J connectivity index is 2.00. The van der Waals surface area contributed by atoms with Crippen LogP contribution in [0, 0.1) is 5.92 Å². The zero-order valence-electron chi connectivity index (χ0n) is 10.8. The van der Waals surface area contributed by atoms with Gasteiger partial charge in [-0.25, -0.2) is 9.78 Å². The molecule has 0 aromatic carbocycles. The Kier molecular flexibility index (Phi) is 4.31. The van der Waals surface area contributed by atoms with Crippen LogP contribution in [0.3, 0.4) is 0 Å². The number of carboxylic acids is 1. The molecule has 1 aliphatic rings. The van der Waals surface area contributed by atoms with Crippen LogP contribution in [0.25, 0.3) is 0 Å². The molecular weight excluding hydrogens is 228 g/mol. The largest absolute Gasteiger partial charge is 0.477 e. The maximum atomic E-state index is 10.9. The van der Waals surface area contributed by atoms with Gasteiger partial charge in [-0.05, 0) is 43.9 Å². The summed E-state index contributed by atoms with van der Waals surface area (Å²) < 4.78 is 0. The molecule has 2 rings (SSSR count). The van der Waals surface area contributed by atoms with E-state index in [0.717, 1.165) is 37.7 Å². The summed E-state index contributed by atoms with van der Waals surface area (Å²) in [6, 6.07) is 5.21. The van der Waals surface area contributed by atoms with Gasteiger partial charge in [-0.2, -0.15) is 0 Å². The van der Waals surface area contributed by atoms with E-state index >= 15 is 0 Å². The number of hydrogen-bond donors (Lipinski definition) is 1. The molecule has 0 bridgehead atoms. The number of nitrogens with zero attached hydrogens (tertiary/aromatic N) is 2. The first-order valence-electron chi connectivity index (χ1n) is 6.60. The van der Waals surface area contributed by atoms with Crippen LogP contribution >= 0.6 is 0 Å². The fourth-order valence-corrected chi connectivity index (χ4v) is 2.13. The third-order valence-electron chi connectivity index (χ3n) is 3.16. The highest BCUT2D eigenvalue weighted by atomic mass is 16.4. The van der Waals surface area contributed by atoms with Crippen LogP contribution in [0.1, 0.15) is 42.4 Å². The van der Waals surface area contributed by atoms with Gasteiger partial charge in [0.2, 0.25) is 0 Å². The Morgan fingerprint density at radius 2 is 2.28 bits per heavy atom. The third-order valence-corrected chi connectivity index (χ3v) is 3.16. The van der Waals surface area contributed by atoms with Crippen molar-refractivity contribution in [3.8, 4) is 0 Å². The van der Waals surface area contributed by atoms with Crippen LogP contribution < -0.4 is 0 Å². The lowest BCUT2D eigenvalue weighted by molar-refractivity contribution is 0.0690. The first-order chi connectivity index (χ1) is 8.69. The van der Waals surface area contributed by atoms with E-state index in [1.807, 2.05) is 6.07 Å². The molecule has 0 spiro atoms. The molecule has 0 aliphatic heterocycles. The molecule has 0 saturated heterocycles.